The molecule has 0 aliphatic carbocycles. The number of carbonyl (C=O) groups is 1. The van der Waals surface area contributed by atoms with Gasteiger partial charge < -0.3 is 10.3 Å². The van der Waals surface area contributed by atoms with Gasteiger partial charge in [-0.25, -0.2) is 9.67 Å². The number of benzene rings is 3. The highest BCUT2D eigenvalue weighted by atomic mass is 16.6. The summed E-state index contributed by atoms with van der Waals surface area (Å²) in [6, 6.07) is 21.1. The fourth-order valence-corrected chi connectivity index (χ4v) is 3.66. The molecular formula is C24H18N6O3. The van der Waals surface area contributed by atoms with Crippen LogP contribution < -0.4 is 5.32 Å². The normalized spacial score (nSPS) is 11.9. The summed E-state index contributed by atoms with van der Waals surface area (Å²) in [6.45, 7) is 0. The van der Waals surface area contributed by atoms with Crippen molar-refractivity contribution in [1.82, 2.24) is 25.1 Å². The summed E-state index contributed by atoms with van der Waals surface area (Å²) in [4.78, 5) is 30.9. The SMILES string of the molecule is O=C(NC(c1ccccc1)c1ccc2nc[nH]c2c1)c1cnn(-c2ccc([N+](=O)[O-])cc2)c1. The molecule has 0 aliphatic heterocycles. The van der Waals surface area contributed by atoms with Gasteiger partial charge in [-0.15, -0.1) is 0 Å². The number of aromatic nitrogens is 4. The maximum absolute atomic E-state index is 13.1. The molecule has 162 valence electrons. The molecule has 0 saturated carbocycles. The number of imidazole rings is 1. The van der Waals surface area contributed by atoms with Crippen LogP contribution >= 0.6 is 0 Å². The Balaban J connectivity index is 1.42. The molecule has 9 nitrogen and oxygen atoms in total. The van der Waals surface area contributed by atoms with E-state index in [-0.39, 0.29) is 17.6 Å². The fraction of sp³-hybridized carbons (Fsp3) is 0.0417. The lowest BCUT2D eigenvalue weighted by Gasteiger charge is -2.19. The average molecular weight is 438 g/mol. The minimum atomic E-state index is -0.462. The fourth-order valence-electron chi connectivity index (χ4n) is 3.66. The van der Waals surface area contributed by atoms with E-state index < -0.39 is 4.92 Å². The van der Waals surface area contributed by atoms with Crippen molar-refractivity contribution < 1.29 is 9.72 Å². The molecule has 0 spiro atoms. The summed E-state index contributed by atoms with van der Waals surface area (Å²) in [7, 11) is 0. The molecule has 2 heterocycles. The molecule has 5 rings (SSSR count). The van der Waals surface area contributed by atoms with Gasteiger partial charge in [-0.1, -0.05) is 36.4 Å². The Kier molecular flexibility index (Phi) is 5.12. The van der Waals surface area contributed by atoms with Gasteiger partial charge in [-0.05, 0) is 35.4 Å². The van der Waals surface area contributed by atoms with Gasteiger partial charge in [0.2, 0.25) is 0 Å². The number of amides is 1. The number of H-pyrrole nitrogens is 1. The van der Waals surface area contributed by atoms with Crippen LogP contribution in [0.3, 0.4) is 0 Å². The summed E-state index contributed by atoms with van der Waals surface area (Å²) in [6.07, 6.45) is 4.70. The van der Waals surface area contributed by atoms with E-state index in [2.05, 4.69) is 20.4 Å². The Morgan fingerprint density at radius 3 is 2.58 bits per heavy atom. The molecular weight excluding hydrogens is 420 g/mol. The molecule has 33 heavy (non-hydrogen) atoms. The van der Waals surface area contributed by atoms with E-state index >= 15 is 0 Å². The van der Waals surface area contributed by atoms with Crippen molar-refractivity contribution in [3.05, 3.63) is 118 Å². The lowest BCUT2D eigenvalue weighted by atomic mass is 9.98. The van der Waals surface area contributed by atoms with E-state index in [4.69, 9.17) is 0 Å². The van der Waals surface area contributed by atoms with Crippen LogP contribution in [0.15, 0.2) is 91.5 Å². The number of nitrogens with one attached hydrogen (secondary N) is 2. The minimum Gasteiger partial charge on any atom is -0.345 e. The summed E-state index contributed by atoms with van der Waals surface area (Å²) >= 11 is 0. The van der Waals surface area contributed by atoms with E-state index in [1.807, 2.05) is 48.5 Å². The van der Waals surface area contributed by atoms with Crippen molar-refractivity contribution in [1.29, 1.82) is 0 Å². The van der Waals surface area contributed by atoms with Gasteiger partial charge in [-0.2, -0.15) is 5.10 Å². The van der Waals surface area contributed by atoms with Crippen LogP contribution in [0.4, 0.5) is 5.69 Å². The number of hydrogen-bond acceptors (Lipinski definition) is 5. The first-order valence-electron chi connectivity index (χ1n) is 10.2. The second kappa shape index (κ2) is 8.39. The largest absolute Gasteiger partial charge is 0.345 e. The lowest BCUT2D eigenvalue weighted by molar-refractivity contribution is -0.384. The predicted molar refractivity (Wildman–Crippen MR) is 122 cm³/mol. The molecule has 3 aromatic carbocycles. The van der Waals surface area contributed by atoms with Gasteiger partial charge in [0, 0.05) is 18.3 Å². The lowest BCUT2D eigenvalue weighted by Crippen LogP contribution is -2.29. The first kappa shape index (κ1) is 20.1. The summed E-state index contributed by atoms with van der Waals surface area (Å²) in [5, 5.41) is 18.2. The third kappa shape index (κ3) is 4.07. The van der Waals surface area contributed by atoms with Gasteiger partial charge in [0.1, 0.15) is 0 Å². The Bertz CT molecular complexity index is 1440. The molecule has 0 fully saturated rings. The molecule has 0 aliphatic rings. The highest BCUT2D eigenvalue weighted by Crippen LogP contribution is 2.25. The molecule has 1 atom stereocenters. The van der Waals surface area contributed by atoms with Crippen molar-refractivity contribution in [2.75, 3.05) is 0 Å². The van der Waals surface area contributed by atoms with Crippen LogP contribution in [-0.4, -0.2) is 30.6 Å². The van der Waals surface area contributed by atoms with Crippen LogP contribution in [0, 0.1) is 10.1 Å². The van der Waals surface area contributed by atoms with Crippen molar-refractivity contribution in [3.8, 4) is 5.69 Å². The van der Waals surface area contributed by atoms with E-state index in [1.54, 1.807) is 24.7 Å². The zero-order valence-corrected chi connectivity index (χ0v) is 17.3. The number of hydrogen-bond donors (Lipinski definition) is 2. The monoisotopic (exact) mass is 438 g/mol. The number of nitro benzene ring substituents is 1. The zero-order chi connectivity index (χ0) is 22.8. The van der Waals surface area contributed by atoms with Crippen LogP contribution in [0.5, 0.6) is 0 Å². The number of non-ortho nitro benzene ring substituents is 1. The molecule has 0 radical (unpaired) electrons. The molecule has 1 amide bonds. The Morgan fingerprint density at radius 2 is 1.82 bits per heavy atom. The minimum absolute atomic E-state index is 0.0104. The summed E-state index contributed by atoms with van der Waals surface area (Å²) in [5.74, 6) is -0.290. The van der Waals surface area contributed by atoms with Crippen LogP contribution in [-0.2, 0) is 0 Å². The van der Waals surface area contributed by atoms with Gasteiger partial charge in [0.25, 0.3) is 11.6 Å². The molecule has 5 aromatic rings. The molecule has 1 unspecified atom stereocenters. The van der Waals surface area contributed by atoms with Crippen LogP contribution in [0.1, 0.15) is 27.5 Å². The second-order valence-corrected chi connectivity index (χ2v) is 7.44. The van der Waals surface area contributed by atoms with Crippen molar-refractivity contribution in [2.45, 2.75) is 6.04 Å². The predicted octanol–water partition coefficient (Wildman–Crippen LogP) is 4.18. The zero-order valence-electron chi connectivity index (χ0n) is 17.3. The van der Waals surface area contributed by atoms with Crippen molar-refractivity contribution in [3.63, 3.8) is 0 Å². The maximum Gasteiger partial charge on any atom is 0.269 e. The molecule has 9 heteroatoms. The van der Waals surface area contributed by atoms with E-state index in [0.717, 1.165) is 22.2 Å². The Hall–Kier alpha value is -4.79. The average Bonchev–Trinajstić information content (AvgIpc) is 3.52. The van der Waals surface area contributed by atoms with E-state index in [1.165, 1.54) is 23.0 Å². The molecule has 0 saturated heterocycles. The highest BCUT2D eigenvalue weighted by Gasteiger charge is 2.20. The Morgan fingerprint density at radius 1 is 1.03 bits per heavy atom. The van der Waals surface area contributed by atoms with Gasteiger partial charge in [-0.3, -0.25) is 14.9 Å². The number of nitro groups is 1. The Labute approximate surface area is 187 Å². The quantitative estimate of drug-likeness (QED) is 0.305. The third-order valence-corrected chi connectivity index (χ3v) is 5.36. The van der Waals surface area contributed by atoms with E-state index in [0.29, 0.717) is 11.3 Å². The number of nitrogens with zero attached hydrogens (tertiary/aromatic N) is 4. The molecule has 0 bridgehead atoms. The number of aromatic amines is 1. The molecule has 2 aromatic heterocycles. The number of carbonyl (C=O) groups excluding carboxylic acids is 1. The van der Waals surface area contributed by atoms with Gasteiger partial charge in [0.15, 0.2) is 0 Å². The second-order valence-electron chi connectivity index (χ2n) is 7.44. The molecule has 2 N–H and O–H groups in total. The summed E-state index contributed by atoms with van der Waals surface area (Å²) < 4.78 is 1.51. The topological polar surface area (TPSA) is 119 Å². The van der Waals surface area contributed by atoms with Gasteiger partial charge in [0.05, 0.1) is 45.8 Å². The van der Waals surface area contributed by atoms with Crippen LogP contribution in [0.2, 0.25) is 0 Å². The third-order valence-electron chi connectivity index (χ3n) is 5.36. The van der Waals surface area contributed by atoms with Crippen molar-refractivity contribution in [2.24, 2.45) is 0 Å². The first-order chi connectivity index (χ1) is 16.1. The van der Waals surface area contributed by atoms with Crippen LogP contribution in [0.25, 0.3) is 16.7 Å². The smallest absolute Gasteiger partial charge is 0.269 e. The maximum atomic E-state index is 13.1. The first-order valence-corrected chi connectivity index (χ1v) is 10.2. The number of fused-ring (bicyclic) bond motifs is 1. The highest BCUT2D eigenvalue weighted by molar-refractivity contribution is 5.94. The standard InChI is InChI=1S/C24H18N6O3/c31-24(18-13-27-29(14-18)19-7-9-20(10-8-19)30(32)33)28-23(16-4-2-1-3-5-16)17-6-11-21-22(12-17)26-15-25-21/h1-15,23H,(H,25,26)(H,28,31). The summed E-state index contributed by atoms with van der Waals surface area (Å²) in [5.41, 5.74) is 4.56. The van der Waals surface area contributed by atoms with Crippen molar-refractivity contribution >= 4 is 22.6 Å². The number of rotatable bonds is 6. The van der Waals surface area contributed by atoms with E-state index in [9.17, 15) is 14.9 Å². The van der Waals surface area contributed by atoms with Gasteiger partial charge >= 0.3 is 0 Å².